The molecule has 0 bridgehead atoms. The Morgan fingerprint density at radius 2 is 1.52 bits per heavy atom. The third-order valence-electron chi connectivity index (χ3n) is 3.06. The minimum atomic E-state index is -2.81. The zero-order valence-electron chi connectivity index (χ0n) is 13.3. The summed E-state index contributed by atoms with van der Waals surface area (Å²) in [5.74, 6) is -2.81. The molecule has 23 heavy (non-hydrogen) atoms. The molecule has 0 amide bonds. The van der Waals surface area contributed by atoms with Gasteiger partial charge in [-0.2, -0.15) is 11.8 Å². The Bertz CT molecular complexity index is 583. The highest BCUT2D eigenvalue weighted by Crippen LogP contribution is 2.74. The predicted molar refractivity (Wildman–Crippen MR) is 108 cm³/mol. The molecule has 0 saturated heterocycles. The van der Waals surface area contributed by atoms with Crippen LogP contribution in [0.3, 0.4) is 0 Å². The SMILES string of the molecule is CCOP(=O)(SCSC)SC(c1ccccc1)c1ccccc1. The molecule has 1 atom stereocenters. The molecule has 0 saturated carbocycles. The molecule has 0 aliphatic heterocycles. The van der Waals surface area contributed by atoms with Crippen molar-refractivity contribution in [3.05, 3.63) is 71.8 Å². The lowest BCUT2D eigenvalue weighted by Crippen LogP contribution is -1.97. The Morgan fingerprint density at radius 1 is 1.00 bits per heavy atom. The first kappa shape index (κ1) is 19.0. The van der Waals surface area contributed by atoms with Crippen molar-refractivity contribution in [2.24, 2.45) is 0 Å². The molecule has 0 aliphatic carbocycles. The van der Waals surface area contributed by atoms with E-state index in [1.807, 2.05) is 49.6 Å². The molecule has 1 unspecified atom stereocenters. The van der Waals surface area contributed by atoms with Gasteiger partial charge in [0.2, 0.25) is 0 Å². The van der Waals surface area contributed by atoms with Gasteiger partial charge in [-0.1, -0.05) is 60.7 Å². The Hall–Kier alpha value is -0.320. The van der Waals surface area contributed by atoms with Crippen LogP contribution < -0.4 is 0 Å². The highest BCUT2D eigenvalue weighted by atomic mass is 33.1. The van der Waals surface area contributed by atoms with Crippen LogP contribution in [-0.4, -0.2) is 17.9 Å². The van der Waals surface area contributed by atoms with Gasteiger partial charge in [0.15, 0.2) is 0 Å². The first-order chi connectivity index (χ1) is 11.2. The van der Waals surface area contributed by atoms with Crippen molar-refractivity contribution < 1.29 is 9.09 Å². The fourth-order valence-corrected chi connectivity index (χ4v) is 11.7. The Kier molecular flexibility index (Phi) is 8.14. The highest BCUT2D eigenvalue weighted by molar-refractivity contribution is 8.90. The molecule has 2 aromatic rings. The highest BCUT2D eigenvalue weighted by Gasteiger charge is 2.31. The topological polar surface area (TPSA) is 26.3 Å². The summed E-state index contributed by atoms with van der Waals surface area (Å²) in [5.41, 5.74) is 2.29. The van der Waals surface area contributed by atoms with Crippen molar-refractivity contribution in [3.8, 4) is 0 Å². The lowest BCUT2D eigenvalue weighted by Gasteiger charge is -2.23. The molecule has 2 aromatic carbocycles. The fraction of sp³-hybridized carbons (Fsp3) is 0.294. The monoisotopic (exact) mass is 384 g/mol. The molecule has 6 heteroatoms. The molecule has 0 heterocycles. The van der Waals surface area contributed by atoms with Gasteiger partial charge in [-0.15, -0.1) is 0 Å². The smallest absolute Gasteiger partial charge is 0.314 e. The van der Waals surface area contributed by atoms with E-state index < -0.39 is 5.77 Å². The van der Waals surface area contributed by atoms with Crippen LogP contribution >= 0.6 is 40.3 Å². The largest absolute Gasteiger partial charge is 0.314 e. The van der Waals surface area contributed by atoms with Crippen LogP contribution in [0.15, 0.2) is 60.7 Å². The number of thioether (sulfide) groups is 1. The summed E-state index contributed by atoms with van der Waals surface area (Å²) in [4.78, 5) is 0. The van der Waals surface area contributed by atoms with Crippen molar-refractivity contribution in [1.29, 1.82) is 0 Å². The molecule has 0 spiro atoms. The summed E-state index contributed by atoms with van der Waals surface area (Å²) in [7, 11) is 0. The quantitative estimate of drug-likeness (QED) is 0.354. The van der Waals surface area contributed by atoms with Gasteiger partial charge >= 0.3 is 5.77 Å². The van der Waals surface area contributed by atoms with Crippen LogP contribution in [0.4, 0.5) is 0 Å². The van der Waals surface area contributed by atoms with Crippen molar-refractivity contribution >= 4 is 40.3 Å². The minimum absolute atomic E-state index is 0.00383. The maximum atomic E-state index is 13.2. The van der Waals surface area contributed by atoms with E-state index in [4.69, 9.17) is 4.52 Å². The Balaban J connectivity index is 2.32. The van der Waals surface area contributed by atoms with Crippen molar-refractivity contribution in [1.82, 2.24) is 0 Å². The maximum Gasteiger partial charge on any atom is 0.314 e. The van der Waals surface area contributed by atoms with Crippen LogP contribution in [0.25, 0.3) is 0 Å². The molecule has 2 rings (SSSR count). The fourth-order valence-electron chi connectivity index (χ4n) is 2.07. The van der Waals surface area contributed by atoms with Crippen LogP contribution in [0, 0.1) is 0 Å². The van der Waals surface area contributed by atoms with Gasteiger partial charge in [0.05, 0.1) is 11.9 Å². The van der Waals surface area contributed by atoms with Crippen molar-refractivity contribution in [2.75, 3.05) is 17.9 Å². The van der Waals surface area contributed by atoms with E-state index in [0.29, 0.717) is 6.61 Å². The number of rotatable bonds is 9. The van der Waals surface area contributed by atoms with E-state index in [1.54, 1.807) is 11.8 Å². The Labute approximate surface area is 151 Å². The average molecular weight is 385 g/mol. The zero-order chi connectivity index (χ0) is 16.5. The van der Waals surface area contributed by atoms with Gasteiger partial charge in [-0.3, -0.25) is 4.57 Å². The van der Waals surface area contributed by atoms with Gasteiger partial charge in [-0.25, -0.2) is 0 Å². The average Bonchev–Trinajstić information content (AvgIpc) is 2.60. The molecule has 0 aromatic heterocycles. The van der Waals surface area contributed by atoms with Gasteiger partial charge in [0.25, 0.3) is 0 Å². The second-order valence-electron chi connectivity index (χ2n) is 4.71. The van der Waals surface area contributed by atoms with Gasteiger partial charge in [-0.05, 0) is 47.1 Å². The predicted octanol–water partition coefficient (Wildman–Crippen LogP) is 6.71. The molecule has 2 nitrogen and oxygen atoms in total. The van der Waals surface area contributed by atoms with Gasteiger partial charge in [0.1, 0.15) is 0 Å². The van der Waals surface area contributed by atoms with E-state index in [1.165, 1.54) is 22.8 Å². The second-order valence-corrected chi connectivity index (χ2v) is 13.3. The molecular weight excluding hydrogens is 363 g/mol. The lowest BCUT2D eigenvalue weighted by atomic mass is 10.0. The first-order valence-corrected chi connectivity index (χ1v) is 13.4. The number of benzene rings is 2. The molecule has 0 N–H and O–H groups in total. The summed E-state index contributed by atoms with van der Waals surface area (Å²) in [6, 6.07) is 20.4. The summed E-state index contributed by atoms with van der Waals surface area (Å²) in [6.45, 7) is 2.36. The summed E-state index contributed by atoms with van der Waals surface area (Å²) in [5, 5.41) is 0.768. The van der Waals surface area contributed by atoms with Crippen LogP contribution in [0.5, 0.6) is 0 Å². The summed E-state index contributed by atoms with van der Waals surface area (Å²) in [6.07, 6.45) is 2.01. The molecule has 124 valence electrons. The van der Waals surface area contributed by atoms with E-state index in [9.17, 15) is 4.57 Å². The molecule has 0 radical (unpaired) electrons. The second kappa shape index (κ2) is 9.85. The third-order valence-corrected chi connectivity index (χ3v) is 12.0. The molecular formula is C17H21O2PS3. The van der Waals surface area contributed by atoms with E-state index >= 15 is 0 Å². The van der Waals surface area contributed by atoms with Crippen molar-refractivity contribution in [2.45, 2.75) is 12.2 Å². The minimum Gasteiger partial charge on any atom is -0.314 e. The van der Waals surface area contributed by atoms with Crippen LogP contribution in [0.1, 0.15) is 23.3 Å². The third kappa shape index (κ3) is 5.91. The lowest BCUT2D eigenvalue weighted by molar-refractivity contribution is 0.357. The van der Waals surface area contributed by atoms with E-state index in [-0.39, 0.29) is 5.25 Å². The zero-order valence-corrected chi connectivity index (χ0v) is 16.6. The van der Waals surface area contributed by atoms with Crippen molar-refractivity contribution in [3.63, 3.8) is 0 Å². The standard InChI is InChI=1S/C17H21O2PS3/c1-3-19-20(18,22-14-21-2)23-17(15-10-6-4-7-11-15)16-12-8-5-9-13-16/h4-13,17H,3,14H2,1-2H3. The molecule has 0 fully saturated rings. The maximum absolute atomic E-state index is 13.2. The van der Waals surface area contributed by atoms with Crippen LogP contribution in [0.2, 0.25) is 0 Å². The summed E-state index contributed by atoms with van der Waals surface area (Å²) < 4.78 is 18.9. The normalized spacial score (nSPS) is 13.9. The Morgan fingerprint density at radius 3 is 1.96 bits per heavy atom. The van der Waals surface area contributed by atoms with Crippen LogP contribution in [-0.2, 0) is 9.09 Å². The van der Waals surface area contributed by atoms with Gasteiger partial charge in [0, 0.05) is 5.08 Å². The molecule has 0 aliphatic rings. The summed E-state index contributed by atoms with van der Waals surface area (Å²) >= 11 is 4.54. The van der Waals surface area contributed by atoms with Gasteiger partial charge < -0.3 is 4.52 Å². The first-order valence-electron chi connectivity index (χ1n) is 7.35. The van der Waals surface area contributed by atoms with E-state index in [0.717, 1.165) is 16.2 Å². The number of hydrogen-bond acceptors (Lipinski definition) is 5. The van der Waals surface area contributed by atoms with E-state index in [2.05, 4.69) is 24.3 Å². The number of hydrogen-bond donors (Lipinski definition) is 0.